The molecule has 5 heterocycles. The van der Waals surface area contributed by atoms with Gasteiger partial charge in [-0.1, -0.05) is 13.8 Å². The number of thiophene rings is 1. The largest absolute Gasteiger partial charge is 0.346 e. The SMILES string of the molecule is CC(C)c1c(-c2cn3ncnc3c3c2CCC3)[nH]c2sc(C(=O)N3CCNCC3)cc12. The number of amides is 1. The first-order valence-corrected chi connectivity index (χ1v) is 11.9. The van der Waals surface area contributed by atoms with Gasteiger partial charge in [0.25, 0.3) is 5.91 Å². The first-order chi connectivity index (χ1) is 15.1. The summed E-state index contributed by atoms with van der Waals surface area (Å²) in [7, 11) is 0. The number of fused-ring (bicyclic) bond motifs is 4. The van der Waals surface area contributed by atoms with Crippen molar-refractivity contribution >= 4 is 33.1 Å². The Morgan fingerprint density at radius 2 is 2.00 bits per heavy atom. The van der Waals surface area contributed by atoms with Crippen LogP contribution in [0.5, 0.6) is 0 Å². The molecule has 0 unspecified atom stereocenters. The summed E-state index contributed by atoms with van der Waals surface area (Å²) in [5, 5.41) is 8.92. The summed E-state index contributed by atoms with van der Waals surface area (Å²) in [5.41, 5.74) is 7.41. The number of aryl methyl sites for hydroxylation is 1. The van der Waals surface area contributed by atoms with Crippen LogP contribution in [-0.2, 0) is 12.8 Å². The van der Waals surface area contributed by atoms with Crippen LogP contribution < -0.4 is 5.32 Å². The summed E-state index contributed by atoms with van der Waals surface area (Å²) >= 11 is 1.58. The number of pyridine rings is 1. The third kappa shape index (κ3) is 2.92. The average molecular weight is 435 g/mol. The minimum Gasteiger partial charge on any atom is -0.346 e. The van der Waals surface area contributed by atoms with E-state index in [4.69, 9.17) is 0 Å². The Balaban J connectivity index is 1.49. The Kier molecular flexibility index (Phi) is 4.40. The fraction of sp³-hybridized carbons (Fsp3) is 0.435. The van der Waals surface area contributed by atoms with Gasteiger partial charge >= 0.3 is 0 Å². The molecule has 8 heteroatoms. The highest BCUT2D eigenvalue weighted by atomic mass is 32.1. The second-order valence-electron chi connectivity index (χ2n) is 8.85. The van der Waals surface area contributed by atoms with Crippen LogP contribution in [0, 0.1) is 0 Å². The average Bonchev–Trinajstić information content (AvgIpc) is 3.54. The molecule has 160 valence electrons. The van der Waals surface area contributed by atoms with Crippen LogP contribution in [0.2, 0.25) is 0 Å². The smallest absolute Gasteiger partial charge is 0.264 e. The van der Waals surface area contributed by atoms with E-state index in [-0.39, 0.29) is 5.91 Å². The van der Waals surface area contributed by atoms with E-state index >= 15 is 0 Å². The second-order valence-corrected chi connectivity index (χ2v) is 9.90. The van der Waals surface area contributed by atoms with Gasteiger partial charge in [-0.2, -0.15) is 5.10 Å². The first-order valence-electron chi connectivity index (χ1n) is 11.1. The van der Waals surface area contributed by atoms with E-state index in [9.17, 15) is 4.79 Å². The molecule has 0 spiro atoms. The molecule has 7 nitrogen and oxygen atoms in total. The van der Waals surface area contributed by atoms with Crippen LogP contribution in [0.15, 0.2) is 18.6 Å². The van der Waals surface area contributed by atoms with E-state index in [0.717, 1.165) is 60.8 Å². The summed E-state index contributed by atoms with van der Waals surface area (Å²) < 4.78 is 1.91. The monoisotopic (exact) mass is 434 g/mol. The number of aromatic nitrogens is 4. The number of carbonyl (C=O) groups excluding carboxylic acids is 1. The normalized spacial score (nSPS) is 16.7. The van der Waals surface area contributed by atoms with Crippen LogP contribution >= 0.6 is 11.3 Å². The fourth-order valence-electron chi connectivity index (χ4n) is 5.20. The van der Waals surface area contributed by atoms with Gasteiger partial charge < -0.3 is 15.2 Å². The van der Waals surface area contributed by atoms with E-state index in [1.807, 2.05) is 9.42 Å². The van der Waals surface area contributed by atoms with Crippen LogP contribution in [0.1, 0.15) is 52.5 Å². The highest BCUT2D eigenvalue weighted by molar-refractivity contribution is 7.20. The van der Waals surface area contributed by atoms with Gasteiger partial charge in [-0.15, -0.1) is 11.3 Å². The van der Waals surface area contributed by atoms with Crippen molar-refractivity contribution in [2.24, 2.45) is 0 Å². The molecule has 2 N–H and O–H groups in total. The summed E-state index contributed by atoms with van der Waals surface area (Å²) in [6.45, 7) is 7.75. The van der Waals surface area contributed by atoms with Gasteiger partial charge in [0.1, 0.15) is 11.2 Å². The lowest BCUT2D eigenvalue weighted by Gasteiger charge is -2.26. The predicted octanol–water partition coefficient (Wildman–Crippen LogP) is 3.60. The molecule has 1 aliphatic heterocycles. The number of hydrogen-bond acceptors (Lipinski definition) is 5. The molecule has 4 aromatic rings. The molecule has 6 rings (SSSR count). The first kappa shape index (κ1) is 19.0. The van der Waals surface area contributed by atoms with Crippen LogP contribution in [-0.4, -0.2) is 56.6 Å². The molecular weight excluding hydrogens is 408 g/mol. The van der Waals surface area contributed by atoms with Gasteiger partial charge in [0, 0.05) is 48.9 Å². The number of nitrogens with one attached hydrogen (secondary N) is 2. The number of nitrogens with zero attached hydrogens (tertiary/aromatic N) is 4. The molecule has 2 aliphatic rings. The van der Waals surface area contributed by atoms with E-state index in [2.05, 4.69) is 46.5 Å². The molecule has 1 aliphatic carbocycles. The van der Waals surface area contributed by atoms with E-state index in [1.165, 1.54) is 33.3 Å². The number of aromatic amines is 1. The van der Waals surface area contributed by atoms with Crippen molar-refractivity contribution < 1.29 is 4.79 Å². The van der Waals surface area contributed by atoms with Crippen molar-refractivity contribution in [3.8, 4) is 11.3 Å². The highest BCUT2D eigenvalue weighted by Gasteiger charge is 2.27. The Bertz CT molecular complexity index is 1310. The Morgan fingerprint density at radius 1 is 1.19 bits per heavy atom. The molecule has 0 aromatic carbocycles. The van der Waals surface area contributed by atoms with Gasteiger partial charge in [0.05, 0.1) is 10.6 Å². The van der Waals surface area contributed by atoms with Crippen molar-refractivity contribution in [3.63, 3.8) is 0 Å². The second kappa shape index (κ2) is 7.17. The minimum atomic E-state index is 0.150. The molecule has 0 saturated carbocycles. The molecule has 1 saturated heterocycles. The van der Waals surface area contributed by atoms with Crippen molar-refractivity contribution in [1.29, 1.82) is 0 Å². The highest BCUT2D eigenvalue weighted by Crippen LogP contribution is 2.42. The number of hydrogen-bond donors (Lipinski definition) is 2. The quantitative estimate of drug-likeness (QED) is 0.517. The minimum absolute atomic E-state index is 0.150. The molecule has 1 amide bonds. The molecule has 31 heavy (non-hydrogen) atoms. The third-order valence-corrected chi connectivity index (χ3v) is 7.67. The van der Waals surface area contributed by atoms with Crippen LogP contribution in [0.3, 0.4) is 0 Å². The molecule has 0 atom stereocenters. The molecular formula is C23H26N6OS. The maximum absolute atomic E-state index is 13.0. The Morgan fingerprint density at radius 3 is 2.81 bits per heavy atom. The summed E-state index contributed by atoms with van der Waals surface area (Å²) in [5.74, 6) is 0.487. The standard InChI is InChI=1S/C23H26N6OS/c1-13(2)19-16-10-18(23(30)28-8-6-24-7-9-28)31-22(16)27-20(19)17-11-29-21(25-12-26-29)15-5-3-4-14(15)17/h10-13,24,27H,3-9H2,1-2H3. The van der Waals surface area contributed by atoms with Gasteiger partial charge in [-0.3, -0.25) is 4.79 Å². The maximum atomic E-state index is 13.0. The van der Waals surface area contributed by atoms with Crippen LogP contribution in [0.25, 0.3) is 27.1 Å². The zero-order valence-corrected chi connectivity index (χ0v) is 18.7. The lowest BCUT2D eigenvalue weighted by Crippen LogP contribution is -2.46. The zero-order chi connectivity index (χ0) is 21.1. The van der Waals surface area contributed by atoms with Crippen molar-refractivity contribution in [1.82, 2.24) is 29.8 Å². The van der Waals surface area contributed by atoms with E-state index in [1.54, 1.807) is 17.7 Å². The van der Waals surface area contributed by atoms with Gasteiger partial charge in [-0.25, -0.2) is 9.50 Å². The maximum Gasteiger partial charge on any atom is 0.264 e. The van der Waals surface area contributed by atoms with Crippen molar-refractivity contribution in [2.75, 3.05) is 26.2 Å². The Labute approximate surface area is 184 Å². The number of piperazine rings is 1. The molecule has 4 aromatic heterocycles. The summed E-state index contributed by atoms with van der Waals surface area (Å²) in [6.07, 6.45) is 7.05. The van der Waals surface area contributed by atoms with Crippen molar-refractivity contribution in [2.45, 2.75) is 39.0 Å². The predicted molar refractivity (Wildman–Crippen MR) is 123 cm³/mol. The molecule has 1 fully saturated rings. The summed E-state index contributed by atoms with van der Waals surface area (Å²) in [6, 6.07) is 2.11. The number of rotatable bonds is 3. The molecule has 0 radical (unpaired) electrons. The molecule has 0 bridgehead atoms. The van der Waals surface area contributed by atoms with Gasteiger partial charge in [0.2, 0.25) is 0 Å². The van der Waals surface area contributed by atoms with E-state index < -0.39 is 0 Å². The zero-order valence-electron chi connectivity index (χ0n) is 17.9. The number of carbonyl (C=O) groups is 1. The summed E-state index contributed by atoms with van der Waals surface area (Å²) in [4.78, 5) is 25.1. The van der Waals surface area contributed by atoms with Gasteiger partial charge in [-0.05, 0) is 42.4 Å². The van der Waals surface area contributed by atoms with E-state index in [0.29, 0.717) is 5.92 Å². The van der Waals surface area contributed by atoms with Crippen molar-refractivity contribution in [3.05, 3.63) is 40.2 Å². The lowest BCUT2D eigenvalue weighted by atomic mass is 9.94. The third-order valence-electron chi connectivity index (χ3n) is 6.63. The number of H-pyrrole nitrogens is 1. The topological polar surface area (TPSA) is 78.3 Å². The lowest BCUT2D eigenvalue weighted by molar-refractivity contribution is 0.0741. The Hall–Kier alpha value is -2.71. The van der Waals surface area contributed by atoms with Crippen LogP contribution in [0.4, 0.5) is 0 Å². The fourth-order valence-corrected chi connectivity index (χ4v) is 6.25. The van der Waals surface area contributed by atoms with Gasteiger partial charge in [0.15, 0.2) is 5.65 Å².